The van der Waals surface area contributed by atoms with Crippen molar-refractivity contribution in [3.05, 3.63) is 70.4 Å². The minimum absolute atomic E-state index is 0.0134. The molecule has 0 radical (unpaired) electrons. The van der Waals surface area contributed by atoms with Gasteiger partial charge in [0.1, 0.15) is 24.4 Å². The number of β-amino-alcohol motifs (C(OH)–C–C–N with tert-alkyl or cyclic N) is 1. The van der Waals surface area contributed by atoms with Gasteiger partial charge in [-0.2, -0.15) is 0 Å². The zero-order chi connectivity index (χ0) is 36.3. The van der Waals surface area contributed by atoms with Crippen LogP contribution in [0.4, 0.5) is 0 Å². The summed E-state index contributed by atoms with van der Waals surface area (Å²) in [7, 11) is 0. The van der Waals surface area contributed by atoms with E-state index in [0.29, 0.717) is 64.0 Å². The summed E-state index contributed by atoms with van der Waals surface area (Å²) in [6, 6.07) is 11.5. The molecule has 3 amide bonds. The molecule has 1 aromatic heterocycles. The number of carbonyl (C=O) groups is 3. The molecule has 51 heavy (non-hydrogen) atoms. The molecule has 13 nitrogen and oxygen atoms in total. The maximum atomic E-state index is 14.1. The molecule has 0 bridgehead atoms. The number of rotatable bonds is 19. The third kappa shape index (κ3) is 9.70. The van der Waals surface area contributed by atoms with E-state index < -0.39 is 18.2 Å². The van der Waals surface area contributed by atoms with Gasteiger partial charge in [-0.3, -0.25) is 14.4 Å². The first-order chi connectivity index (χ1) is 24.7. The number of thiazole rings is 1. The maximum absolute atomic E-state index is 14.1. The molecule has 5 rings (SSSR count). The van der Waals surface area contributed by atoms with Crippen LogP contribution in [0, 0.1) is 12.8 Å². The summed E-state index contributed by atoms with van der Waals surface area (Å²) in [6.07, 6.45) is -0.759. The largest absolute Gasteiger partial charge is 0.491 e. The van der Waals surface area contributed by atoms with Crippen molar-refractivity contribution in [2.45, 2.75) is 58.5 Å². The minimum Gasteiger partial charge on any atom is -0.491 e. The summed E-state index contributed by atoms with van der Waals surface area (Å²) in [5.74, 6) is -0.560. The molecule has 0 spiro atoms. The zero-order valence-corrected chi connectivity index (χ0v) is 30.4. The first-order valence-corrected chi connectivity index (χ1v) is 18.3. The highest BCUT2D eigenvalue weighted by molar-refractivity contribution is 7.13. The number of likely N-dealkylation sites (tertiary alicyclic amines) is 1. The van der Waals surface area contributed by atoms with E-state index in [-0.39, 0.29) is 49.8 Å². The van der Waals surface area contributed by atoms with Crippen molar-refractivity contribution < 1.29 is 38.4 Å². The van der Waals surface area contributed by atoms with Gasteiger partial charge in [-0.25, -0.2) is 4.98 Å². The number of amides is 3. The van der Waals surface area contributed by atoms with Gasteiger partial charge in [0, 0.05) is 43.7 Å². The van der Waals surface area contributed by atoms with E-state index in [9.17, 15) is 19.5 Å². The summed E-state index contributed by atoms with van der Waals surface area (Å²) >= 11 is 1.54. The van der Waals surface area contributed by atoms with E-state index in [2.05, 4.69) is 10.3 Å². The summed E-state index contributed by atoms with van der Waals surface area (Å²) in [6.45, 7) is 9.58. The normalized spacial score (nSPS) is 17.6. The lowest BCUT2D eigenvalue weighted by molar-refractivity contribution is -0.143. The van der Waals surface area contributed by atoms with Crippen molar-refractivity contribution in [1.82, 2.24) is 20.1 Å². The van der Waals surface area contributed by atoms with Crippen LogP contribution in [-0.4, -0.2) is 115 Å². The van der Waals surface area contributed by atoms with E-state index in [4.69, 9.17) is 24.7 Å². The van der Waals surface area contributed by atoms with Gasteiger partial charge in [0.05, 0.1) is 61.8 Å². The van der Waals surface area contributed by atoms with E-state index in [1.54, 1.807) is 16.5 Å². The van der Waals surface area contributed by atoms with Gasteiger partial charge in [0.15, 0.2) is 0 Å². The number of nitrogens with two attached hydrogens (primary N) is 1. The van der Waals surface area contributed by atoms with Crippen molar-refractivity contribution in [3.63, 3.8) is 0 Å². The van der Waals surface area contributed by atoms with E-state index in [0.717, 1.165) is 27.3 Å². The lowest BCUT2D eigenvalue weighted by atomic mass is 10.0. The van der Waals surface area contributed by atoms with Crippen LogP contribution in [0.5, 0.6) is 5.75 Å². The maximum Gasteiger partial charge on any atom is 0.255 e. The average Bonchev–Trinajstić information content (AvgIpc) is 3.82. The Morgan fingerprint density at radius 2 is 1.75 bits per heavy atom. The van der Waals surface area contributed by atoms with E-state index in [1.807, 2.05) is 57.2 Å². The highest BCUT2D eigenvalue weighted by Gasteiger charge is 2.45. The number of fused-ring (bicyclic) bond motifs is 1. The SMILES string of the molecule is Cc1ncsc1-c1ccc(CNC(=O)[C@@H]2C[C@@H](O)CN2C(=O)[C@H](C(C)C)N2Cc3ccccc3C2=O)c(OCCOCCOCCOCCN)c1. The van der Waals surface area contributed by atoms with Crippen molar-refractivity contribution in [2.24, 2.45) is 11.7 Å². The molecule has 3 atom stereocenters. The zero-order valence-electron chi connectivity index (χ0n) is 29.5. The summed E-state index contributed by atoms with van der Waals surface area (Å²) in [4.78, 5) is 49.6. The highest BCUT2D eigenvalue weighted by atomic mass is 32.1. The highest BCUT2D eigenvalue weighted by Crippen LogP contribution is 2.33. The fourth-order valence-corrected chi connectivity index (χ4v) is 7.25. The number of aryl methyl sites for hydroxylation is 1. The third-order valence-electron chi connectivity index (χ3n) is 8.95. The molecule has 0 unspecified atom stereocenters. The number of ether oxygens (including phenoxy) is 4. The lowest BCUT2D eigenvalue weighted by Crippen LogP contribution is -2.55. The quantitative estimate of drug-likeness (QED) is 0.157. The van der Waals surface area contributed by atoms with Gasteiger partial charge in [0.2, 0.25) is 11.8 Å². The Bertz CT molecular complexity index is 1630. The molecule has 4 N–H and O–H groups in total. The molecule has 0 aliphatic carbocycles. The van der Waals surface area contributed by atoms with Gasteiger partial charge in [-0.05, 0) is 36.1 Å². The van der Waals surface area contributed by atoms with Crippen LogP contribution in [0.25, 0.3) is 10.4 Å². The van der Waals surface area contributed by atoms with Crippen molar-refractivity contribution in [2.75, 3.05) is 59.3 Å². The number of nitrogens with one attached hydrogen (secondary N) is 1. The van der Waals surface area contributed by atoms with Crippen LogP contribution < -0.4 is 15.8 Å². The Hall–Kier alpha value is -3.92. The predicted octanol–water partition coefficient (Wildman–Crippen LogP) is 2.76. The topological polar surface area (TPSA) is 166 Å². The summed E-state index contributed by atoms with van der Waals surface area (Å²) < 4.78 is 22.6. The molecule has 2 aliphatic heterocycles. The predicted molar refractivity (Wildman–Crippen MR) is 192 cm³/mol. The number of hydrogen-bond donors (Lipinski definition) is 3. The number of aromatic nitrogens is 1. The standard InChI is InChI=1S/C37H49N5O8S/c1-24(2)33(42-21-28-6-4-5-7-30(28)36(42)45)37(46)41-22-29(43)19-31(41)35(44)39-20-27-9-8-26(34-25(3)40-23-51-34)18-32(27)50-17-16-49-15-14-48-13-12-47-11-10-38/h4-9,18,23-24,29,31,33,43H,10-17,19-22,38H2,1-3H3,(H,39,44)/t29-,31+,33+/m1/s1. The molecule has 14 heteroatoms. The smallest absolute Gasteiger partial charge is 0.255 e. The van der Waals surface area contributed by atoms with Crippen LogP contribution in [0.2, 0.25) is 0 Å². The van der Waals surface area contributed by atoms with Crippen LogP contribution in [0.15, 0.2) is 48.0 Å². The Labute approximate surface area is 303 Å². The van der Waals surface area contributed by atoms with Crippen LogP contribution in [0.3, 0.4) is 0 Å². The molecule has 276 valence electrons. The third-order valence-corrected chi connectivity index (χ3v) is 9.93. The minimum atomic E-state index is -0.889. The van der Waals surface area contributed by atoms with Crippen LogP contribution >= 0.6 is 11.3 Å². The fourth-order valence-electron chi connectivity index (χ4n) is 6.45. The monoisotopic (exact) mass is 723 g/mol. The Kier molecular flexibility index (Phi) is 13.9. The van der Waals surface area contributed by atoms with Gasteiger partial charge >= 0.3 is 0 Å². The number of nitrogens with zero attached hydrogens (tertiary/aromatic N) is 3. The molecular weight excluding hydrogens is 675 g/mol. The van der Waals surface area contributed by atoms with Crippen LogP contribution in [-0.2, 0) is 36.9 Å². The average molecular weight is 724 g/mol. The molecule has 3 aromatic rings. The number of benzene rings is 2. The lowest BCUT2D eigenvalue weighted by Gasteiger charge is -2.35. The Balaban J connectivity index is 1.21. The second-order valence-corrected chi connectivity index (χ2v) is 13.8. The second-order valence-electron chi connectivity index (χ2n) is 13.0. The van der Waals surface area contributed by atoms with E-state index in [1.165, 1.54) is 16.2 Å². The molecule has 1 fully saturated rings. The molecule has 2 aromatic carbocycles. The number of hydrogen-bond acceptors (Lipinski definition) is 11. The molecule has 0 saturated carbocycles. The molecular formula is C37H49N5O8S. The summed E-state index contributed by atoms with van der Waals surface area (Å²) in [5.41, 5.74) is 11.2. The van der Waals surface area contributed by atoms with Crippen molar-refractivity contribution in [1.29, 1.82) is 0 Å². The van der Waals surface area contributed by atoms with Gasteiger partial charge in [-0.15, -0.1) is 11.3 Å². The second kappa shape index (κ2) is 18.5. The first kappa shape index (κ1) is 38.3. The number of carbonyl (C=O) groups excluding carboxylic acids is 3. The molecule has 1 saturated heterocycles. The Morgan fingerprint density at radius 3 is 2.41 bits per heavy atom. The molecule has 2 aliphatic rings. The molecule has 3 heterocycles. The number of aliphatic hydroxyl groups is 1. The van der Waals surface area contributed by atoms with Gasteiger partial charge in [0.25, 0.3) is 5.91 Å². The van der Waals surface area contributed by atoms with Gasteiger partial charge in [-0.1, -0.05) is 44.2 Å². The first-order valence-electron chi connectivity index (χ1n) is 17.4. The van der Waals surface area contributed by atoms with E-state index >= 15 is 0 Å². The van der Waals surface area contributed by atoms with Gasteiger partial charge < -0.3 is 44.9 Å². The van der Waals surface area contributed by atoms with Crippen LogP contribution in [0.1, 0.15) is 47.4 Å². The number of aliphatic hydroxyl groups excluding tert-OH is 1. The fraction of sp³-hybridized carbons (Fsp3) is 0.514. The summed E-state index contributed by atoms with van der Waals surface area (Å²) in [5, 5.41) is 13.6. The Morgan fingerprint density at radius 1 is 1.04 bits per heavy atom. The van der Waals surface area contributed by atoms with Crippen molar-refractivity contribution >= 4 is 29.1 Å². The van der Waals surface area contributed by atoms with Crippen molar-refractivity contribution in [3.8, 4) is 16.2 Å².